The summed E-state index contributed by atoms with van der Waals surface area (Å²) >= 11 is 0. The Hall–Kier alpha value is -3.04. The van der Waals surface area contributed by atoms with E-state index in [9.17, 15) is 18.4 Å². The van der Waals surface area contributed by atoms with Crippen molar-refractivity contribution in [3.8, 4) is 0 Å². The number of hydrogen-bond acceptors (Lipinski definition) is 4. The summed E-state index contributed by atoms with van der Waals surface area (Å²) in [5, 5.41) is 5.81. The molecule has 10 heteroatoms. The lowest BCUT2D eigenvalue weighted by Gasteiger charge is -2.40. The van der Waals surface area contributed by atoms with Crippen LogP contribution in [0.4, 0.5) is 14.5 Å². The van der Waals surface area contributed by atoms with E-state index in [1.165, 1.54) is 24.3 Å². The van der Waals surface area contributed by atoms with Crippen LogP contribution in [-0.4, -0.2) is 67.4 Å². The summed E-state index contributed by atoms with van der Waals surface area (Å²) < 4.78 is 27.2. The molecule has 228 valence electrons. The van der Waals surface area contributed by atoms with Crippen molar-refractivity contribution in [2.75, 3.05) is 45.1 Å². The van der Waals surface area contributed by atoms with E-state index in [1.807, 2.05) is 36.9 Å². The highest BCUT2D eigenvalue weighted by atomic mass is 35.5. The van der Waals surface area contributed by atoms with Gasteiger partial charge in [0.2, 0.25) is 11.8 Å². The van der Waals surface area contributed by atoms with Crippen LogP contribution in [0.15, 0.2) is 66.7 Å². The SMILES string of the molecule is CNC(=O)C1CN(CC(=O)Nc2c(C)cccc2C)CCN1CCCC(c1ccc(F)cc1)c1ccc(F)cc1.Cl.Cl. The number of carbonyl (C=O) groups excluding carboxylic acids is 2. The third-order valence-corrected chi connectivity index (χ3v) is 7.72. The lowest BCUT2D eigenvalue weighted by atomic mass is 9.87. The first kappa shape index (κ1) is 35.2. The first-order valence-electron chi connectivity index (χ1n) is 13.8. The van der Waals surface area contributed by atoms with Crippen molar-refractivity contribution in [3.05, 3.63) is 101 Å². The van der Waals surface area contributed by atoms with Crippen LogP contribution in [0.1, 0.15) is 41.0 Å². The van der Waals surface area contributed by atoms with Gasteiger partial charge in [0.1, 0.15) is 17.7 Å². The maximum Gasteiger partial charge on any atom is 0.238 e. The van der Waals surface area contributed by atoms with Gasteiger partial charge in [0.15, 0.2) is 0 Å². The highest BCUT2D eigenvalue weighted by Gasteiger charge is 2.32. The maximum atomic E-state index is 13.6. The Morgan fingerprint density at radius 2 is 1.43 bits per heavy atom. The van der Waals surface area contributed by atoms with Gasteiger partial charge in [-0.2, -0.15) is 0 Å². The van der Waals surface area contributed by atoms with E-state index in [-0.39, 0.29) is 66.8 Å². The van der Waals surface area contributed by atoms with Crippen LogP contribution in [0.5, 0.6) is 0 Å². The number of anilines is 1. The predicted octanol–water partition coefficient (Wildman–Crippen LogP) is 5.71. The van der Waals surface area contributed by atoms with Crippen LogP contribution in [0.3, 0.4) is 0 Å². The van der Waals surface area contributed by atoms with E-state index in [0.29, 0.717) is 26.2 Å². The molecule has 1 fully saturated rings. The topological polar surface area (TPSA) is 64.7 Å². The minimum atomic E-state index is -0.373. The average molecular weight is 622 g/mol. The van der Waals surface area contributed by atoms with E-state index in [1.54, 1.807) is 31.3 Å². The van der Waals surface area contributed by atoms with E-state index in [2.05, 4.69) is 15.5 Å². The number of benzene rings is 3. The number of aryl methyl sites for hydroxylation is 2. The lowest BCUT2D eigenvalue weighted by Crippen LogP contribution is -2.59. The molecule has 3 aromatic rings. The Balaban J connectivity index is 0.00000308. The van der Waals surface area contributed by atoms with Crippen LogP contribution < -0.4 is 10.6 Å². The van der Waals surface area contributed by atoms with Gasteiger partial charge in [-0.25, -0.2) is 8.78 Å². The van der Waals surface area contributed by atoms with Crippen molar-refractivity contribution in [1.82, 2.24) is 15.1 Å². The molecule has 1 atom stereocenters. The van der Waals surface area contributed by atoms with Gasteiger partial charge in [0.25, 0.3) is 0 Å². The molecule has 2 N–H and O–H groups in total. The molecule has 0 aromatic heterocycles. The lowest BCUT2D eigenvalue weighted by molar-refractivity contribution is -0.129. The zero-order valence-corrected chi connectivity index (χ0v) is 25.9. The van der Waals surface area contributed by atoms with Gasteiger partial charge in [-0.05, 0) is 79.8 Å². The fourth-order valence-electron chi connectivity index (χ4n) is 5.51. The maximum absolute atomic E-state index is 13.6. The van der Waals surface area contributed by atoms with Gasteiger partial charge in [-0.3, -0.25) is 19.4 Å². The Kier molecular flexibility index (Phi) is 13.9. The highest BCUT2D eigenvalue weighted by molar-refractivity contribution is 5.93. The van der Waals surface area contributed by atoms with Crippen LogP contribution in [0.25, 0.3) is 0 Å². The minimum absolute atomic E-state index is 0. The number of rotatable bonds is 10. The van der Waals surface area contributed by atoms with Gasteiger partial charge in [0.05, 0.1) is 6.54 Å². The van der Waals surface area contributed by atoms with Crippen molar-refractivity contribution < 1.29 is 18.4 Å². The molecule has 0 spiro atoms. The molecule has 1 heterocycles. The van der Waals surface area contributed by atoms with Gasteiger partial charge in [-0.15, -0.1) is 24.8 Å². The number of hydrogen-bond donors (Lipinski definition) is 2. The Morgan fingerprint density at radius 3 is 1.95 bits per heavy atom. The van der Waals surface area contributed by atoms with Crippen molar-refractivity contribution in [2.24, 2.45) is 0 Å². The first-order chi connectivity index (χ1) is 19.2. The van der Waals surface area contributed by atoms with E-state index >= 15 is 0 Å². The summed E-state index contributed by atoms with van der Waals surface area (Å²) in [6.07, 6.45) is 1.55. The van der Waals surface area contributed by atoms with Gasteiger partial charge >= 0.3 is 0 Å². The molecule has 0 bridgehead atoms. The second kappa shape index (κ2) is 16.6. The molecular formula is C32H40Cl2F2N4O2. The predicted molar refractivity (Wildman–Crippen MR) is 169 cm³/mol. The Bertz CT molecular complexity index is 1240. The molecule has 1 aliphatic heterocycles. The van der Waals surface area contributed by atoms with E-state index in [0.717, 1.165) is 40.8 Å². The molecule has 4 rings (SSSR count). The second-order valence-corrected chi connectivity index (χ2v) is 10.5. The van der Waals surface area contributed by atoms with Crippen LogP contribution in [-0.2, 0) is 9.59 Å². The highest BCUT2D eigenvalue weighted by Crippen LogP contribution is 2.30. The summed E-state index contributed by atoms with van der Waals surface area (Å²) in [5.74, 6) is -0.780. The van der Waals surface area contributed by atoms with Crippen molar-refractivity contribution >= 4 is 42.3 Å². The number of carbonyl (C=O) groups is 2. The largest absolute Gasteiger partial charge is 0.358 e. The van der Waals surface area contributed by atoms with Gasteiger partial charge in [-0.1, -0.05) is 42.5 Å². The molecule has 42 heavy (non-hydrogen) atoms. The van der Waals surface area contributed by atoms with Crippen molar-refractivity contribution in [2.45, 2.75) is 38.6 Å². The molecule has 2 amide bonds. The number of amides is 2. The molecule has 3 aromatic carbocycles. The number of para-hydroxylation sites is 1. The van der Waals surface area contributed by atoms with Crippen LogP contribution in [0, 0.1) is 25.5 Å². The average Bonchev–Trinajstić information content (AvgIpc) is 2.94. The number of halogens is 4. The fourth-order valence-corrected chi connectivity index (χ4v) is 5.51. The molecule has 0 aliphatic carbocycles. The number of nitrogens with zero attached hydrogens (tertiary/aromatic N) is 2. The fraction of sp³-hybridized carbons (Fsp3) is 0.375. The summed E-state index contributed by atoms with van der Waals surface area (Å²) in [7, 11) is 1.63. The zero-order valence-electron chi connectivity index (χ0n) is 24.2. The summed E-state index contributed by atoms with van der Waals surface area (Å²) in [4.78, 5) is 29.9. The summed E-state index contributed by atoms with van der Waals surface area (Å²) in [6.45, 7) is 6.64. The molecular weight excluding hydrogens is 581 g/mol. The quantitative estimate of drug-likeness (QED) is 0.305. The molecule has 6 nitrogen and oxygen atoms in total. The van der Waals surface area contributed by atoms with Crippen LogP contribution in [0.2, 0.25) is 0 Å². The smallest absolute Gasteiger partial charge is 0.238 e. The summed E-state index contributed by atoms with van der Waals surface area (Å²) in [6, 6.07) is 18.4. The van der Waals surface area contributed by atoms with Gasteiger partial charge < -0.3 is 10.6 Å². The van der Waals surface area contributed by atoms with Crippen molar-refractivity contribution in [1.29, 1.82) is 0 Å². The first-order valence-corrected chi connectivity index (χ1v) is 13.8. The Morgan fingerprint density at radius 1 is 0.881 bits per heavy atom. The molecule has 1 aliphatic rings. The minimum Gasteiger partial charge on any atom is -0.358 e. The second-order valence-electron chi connectivity index (χ2n) is 10.5. The third kappa shape index (κ3) is 9.23. The molecule has 1 unspecified atom stereocenters. The monoisotopic (exact) mass is 620 g/mol. The number of likely N-dealkylation sites (N-methyl/N-ethyl adjacent to an activating group) is 1. The number of piperazine rings is 1. The molecule has 0 saturated carbocycles. The normalized spacial score (nSPS) is 15.4. The molecule has 1 saturated heterocycles. The molecule has 0 radical (unpaired) electrons. The standard InChI is InChI=1S/C32H38F2N4O2.2ClH/c1-22-6-4-7-23(2)31(22)36-30(39)21-37-18-19-38(29(20-37)32(40)35-3)17-5-8-28(24-9-13-26(33)14-10-24)25-11-15-27(34)16-12-25;;/h4,6-7,9-16,28-29H,5,8,17-21H2,1-3H3,(H,35,40)(H,36,39);2*1H. The number of nitrogens with one attached hydrogen (secondary N) is 2. The van der Waals surface area contributed by atoms with E-state index < -0.39 is 0 Å². The summed E-state index contributed by atoms with van der Waals surface area (Å²) in [5.41, 5.74) is 4.80. The van der Waals surface area contributed by atoms with Crippen molar-refractivity contribution in [3.63, 3.8) is 0 Å². The Labute approximate surface area is 259 Å². The third-order valence-electron chi connectivity index (χ3n) is 7.72. The zero-order chi connectivity index (χ0) is 28.6. The van der Waals surface area contributed by atoms with Crippen LogP contribution >= 0.6 is 24.8 Å². The van der Waals surface area contributed by atoms with Gasteiger partial charge in [0, 0.05) is 38.3 Å². The van der Waals surface area contributed by atoms with E-state index in [4.69, 9.17) is 0 Å².